The summed E-state index contributed by atoms with van der Waals surface area (Å²) in [5, 5.41) is 3.37. The molecule has 0 aromatic heterocycles. The Morgan fingerprint density at radius 2 is 2.17 bits per heavy atom. The van der Waals surface area contributed by atoms with Crippen LogP contribution in [0.15, 0.2) is 24.3 Å². The molecule has 1 N–H and O–H groups in total. The number of para-hydroxylation sites is 1. The number of hydrogen-bond donors (Lipinski definition) is 1. The predicted molar refractivity (Wildman–Crippen MR) is 73.3 cm³/mol. The number of benzene rings is 1. The highest BCUT2D eigenvalue weighted by molar-refractivity contribution is 5.39. The highest BCUT2D eigenvalue weighted by Gasteiger charge is 2.22. The van der Waals surface area contributed by atoms with Crippen LogP contribution in [-0.4, -0.2) is 33.4 Å². The van der Waals surface area contributed by atoms with Crippen LogP contribution in [0.5, 0.6) is 5.75 Å². The van der Waals surface area contributed by atoms with Crippen LogP contribution < -0.4 is 10.1 Å². The van der Waals surface area contributed by atoms with Crippen molar-refractivity contribution >= 4 is 0 Å². The van der Waals surface area contributed by atoms with Crippen LogP contribution in [0.3, 0.4) is 0 Å². The second-order valence-corrected chi connectivity index (χ2v) is 4.78. The molecule has 0 saturated carbocycles. The number of hydrogen-bond acceptors (Lipinski definition) is 3. The maximum atomic E-state index is 5.69. The summed E-state index contributed by atoms with van der Waals surface area (Å²) in [4.78, 5) is 0. The summed E-state index contributed by atoms with van der Waals surface area (Å²) in [6, 6.07) is 8.42. The number of fused-ring (bicyclic) bond motifs is 1. The van der Waals surface area contributed by atoms with Gasteiger partial charge in [-0.05, 0) is 25.5 Å². The molecular weight excluding hydrogens is 226 g/mol. The molecule has 1 unspecified atom stereocenters. The zero-order valence-electron chi connectivity index (χ0n) is 11.2. The molecule has 0 saturated heterocycles. The lowest BCUT2D eigenvalue weighted by Gasteiger charge is -2.09. The van der Waals surface area contributed by atoms with E-state index in [4.69, 9.17) is 9.47 Å². The summed E-state index contributed by atoms with van der Waals surface area (Å²) in [7, 11) is 1.74. The lowest BCUT2D eigenvalue weighted by Crippen LogP contribution is -2.20. The van der Waals surface area contributed by atoms with E-state index in [1.54, 1.807) is 7.11 Å². The monoisotopic (exact) mass is 249 g/mol. The Hall–Kier alpha value is -1.06. The Morgan fingerprint density at radius 3 is 3.06 bits per heavy atom. The van der Waals surface area contributed by atoms with E-state index in [1.165, 1.54) is 24.8 Å². The summed E-state index contributed by atoms with van der Waals surface area (Å²) in [5.41, 5.74) is 1.39. The van der Waals surface area contributed by atoms with Crippen LogP contribution in [0.1, 0.15) is 30.7 Å². The van der Waals surface area contributed by atoms with Gasteiger partial charge in [0.15, 0.2) is 0 Å². The Labute approximate surface area is 109 Å². The Balaban J connectivity index is 1.61. The second-order valence-electron chi connectivity index (χ2n) is 4.78. The molecule has 0 fully saturated rings. The maximum absolute atomic E-state index is 5.69. The molecule has 100 valence electrons. The fourth-order valence-electron chi connectivity index (χ4n) is 2.41. The third kappa shape index (κ3) is 3.72. The van der Waals surface area contributed by atoms with Crippen molar-refractivity contribution < 1.29 is 9.47 Å². The second kappa shape index (κ2) is 7.39. The molecule has 3 nitrogen and oxygen atoms in total. The lowest BCUT2D eigenvalue weighted by atomic mass is 9.95. The van der Waals surface area contributed by atoms with Crippen LogP contribution in [-0.2, 0) is 4.74 Å². The fraction of sp³-hybridized carbons (Fsp3) is 0.600. The lowest BCUT2D eigenvalue weighted by molar-refractivity contribution is 0.199. The summed E-state index contributed by atoms with van der Waals surface area (Å²) in [5.74, 6) is 1.68. The first-order valence-corrected chi connectivity index (χ1v) is 6.83. The zero-order valence-corrected chi connectivity index (χ0v) is 11.2. The first kappa shape index (κ1) is 13.4. The van der Waals surface area contributed by atoms with Gasteiger partial charge in [-0.25, -0.2) is 0 Å². The number of ether oxygens (including phenoxy) is 2. The van der Waals surface area contributed by atoms with Crippen LogP contribution >= 0.6 is 0 Å². The maximum Gasteiger partial charge on any atom is 0.122 e. The van der Waals surface area contributed by atoms with Gasteiger partial charge in [0.1, 0.15) is 5.75 Å². The molecule has 1 aromatic carbocycles. The zero-order chi connectivity index (χ0) is 12.6. The topological polar surface area (TPSA) is 30.5 Å². The van der Waals surface area contributed by atoms with E-state index < -0.39 is 0 Å². The molecule has 0 aliphatic carbocycles. The molecule has 1 aromatic rings. The third-order valence-electron chi connectivity index (χ3n) is 3.44. The van der Waals surface area contributed by atoms with Gasteiger partial charge in [0.25, 0.3) is 0 Å². The molecule has 1 aliphatic rings. The van der Waals surface area contributed by atoms with Crippen LogP contribution in [0.2, 0.25) is 0 Å². The number of unbranched alkanes of at least 4 members (excludes halogenated alkanes) is 1. The van der Waals surface area contributed by atoms with Gasteiger partial charge in [0, 0.05) is 25.1 Å². The number of methoxy groups -OCH3 is 1. The van der Waals surface area contributed by atoms with Crippen LogP contribution in [0.25, 0.3) is 0 Å². The van der Waals surface area contributed by atoms with Gasteiger partial charge >= 0.3 is 0 Å². The van der Waals surface area contributed by atoms with Gasteiger partial charge in [-0.3, -0.25) is 0 Å². The molecule has 0 spiro atoms. The smallest absolute Gasteiger partial charge is 0.122 e. The van der Waals surface area contributed by atoms with Crippen LogP contribution in [0.4, 0.5) is 0 Å². The fourth-order valence-corrected chi connectivity index (χ4v) is 2.41. The highest BCUT2D eigenvalue weighted by Crippen LogP contribution is 2.36. The molecule has 0 bridgehead atoms. The minimum absolute atomic E-state index is 0.597. The number of rotatable bonds is 8. The molecule has 1 atom stereocenters. The van der Waals surface area contributed by atoms with E-state index in [0.29, 0.717) is 5.92 Å². The van der Waals surface area contributed by atoms with Crippen molar-refractivity contribution in [2.24, 2.45) is 0 Å². The van der Waals surface area contributed by atoms with Crippen molar-refractivity contribution in [1.29, 1.82) is 0 Å². The molecule has 1 heterocycles. The van der Waals surface area contributed by atoms with Gasteiger partial charge in [0.05, 0.1) is 13.2 Å². The quantitative estimate of drug-likeness (QED) is 0.718. The average molecular weight is 249 g/mol. The molecule has 18 heavy (non-hydrogen) atoms. The molecule has 3 heteroatoms. The van der Waals surface area contributed by atoms with Crippen molar-refractivity contribution in [3.05, 3.63) is 29.8 Å². The Bertz CT molecular complexity index is 354. The first-order chi connectivity index (χ1) is 8.92. The number of nitrogens with one attached hydrogen (secondary N) is 1. The van der Waals surface area contributed by atoms with Crippen molar-refractivity contribution in [1.82, 2.24) is 5.32 Å². The minimum atomic E-state index is 0.597. The van der Waals surface area contributed by atoms with Gasteiger partial charge < -0.3 is 14.8 Å². The van der Waals surface area contributed by atoms with Gasteiger partial charge in [0.2, 0.25) is 0 Å². The molecule has 1 aliphatic heterocycles. The Morgan fingerprint density at radius 1 is 1.28 bits per heavy atom. The standard InChI is InChI=1S/C15H23NO2/c1-17-11-10-16-9-5-4-6-13-12-18-15-8-3-2-7-14(13)15/h2-3,7-8,13,16H,4-6,9-12H2,1H3. The van der Waals surface area contributed by atoms with Crippen LogP contribution in [0, 0.1) is 0 Å². The summed E-state index contributed by atoms with van der Waals surface area (Å²) < 4.78 is 10.7. The predicted octanol–water partition coefficient (Wildman–Crippen LogP) is 2.57. The average Bonchev–Trinajstić information content (AvgIpc) is 2.81. The minimum Gasteiger partial charge on any atom is -0.493 e. The van der Waals surface area contributed by atoms with E-state index in [-0.39, 0.29) is 0 Å². The SMILES string of the molecule is COCCNCCCCC1COc2ccccc21. The van der Waals surface area contributed by atoms with Crippen molar-refractivity contribution in [3.63, 3.8) is 0 Å². The third-order valence-corrected chi connectivity index (χ3v) is 3.44. The van der Waals surface area contributed by atoms with E-state index in [9.17, 15) is 0 Å². The van der Waals surface area contributed by atoms with Crippen molar-refractivity contribution in [3.8, 4) is 5.75 Å². The summed E-state index contributed by atoms with van der Waals surface area (Å²) in [6.07, 6.45) is 3.70. The van der Waals surface area contributed by atoms with Gasteiger partial charge in [-0.2, -0.15) is 0 Å². The van der Waals surface area contributed by atoms with Crippen molar-refractivity contribution in [2.75, 3.05) is 33.4 Å². The Kier molecular flexibility index (Phi) is 5.49. The summed E-state index contributed by atoms with van der Waals surface area (Å²) in [6.45, 7) is 3.69. The summed E-state index contributed by atoms with van der Waals surface area (Å²) >= 11 is 0. The van der Waals surface area contributed by atoms with E-state index in [1.807, 2.05) is 6.07 Å². The largest absolute Gasteiger partial charge is 0.493 e. The van der Waals surface area contributed by atoms with E-state index >= 15 is 0 Å². The molecule has 2 rings (SSSR count). The molecule has 0 amide bonds. The molecular formula is C15H23NO2. The first-order valence-electron chi connectivity index (χ1n) is 6.83. The highest BCUT2D eigenvalue weighted by atomic mass is 16.5. The van der Waals surface area contributed by atoms with Crippen molar-refractivity contribution in [2.45, 2.75) is 25.2 Å². The van der Waals surface area contributed by atoms with E-state index in [2.05, 4.69) is 23.5 Å². The van der Waals surface area contributed by atoms with Gasteiger partial charge in [-0.1, -0.05) is 24.6 Å². The van der Waals surface area contributed by atoms with Gasteiger partial charge in [-0.15, -0.1) is 0 Å². The normalized spacial score (nSPS) is 17.5. The molecule has 0 radical (unpaired) electrons. The van der Waals surface area contributed by atoms with E-state index in [0.717, 1.165) is 32.1 Å².